The molecule has 0 atom stereocenters. The summed E-state index contributed by atoms with van der Waals surface area (Å²) in [4.78, 5) is 16.5. The highest BCUT2D eigenvalue weighted by molar-refractivity contribution is 7.13. The number of nitrogens with zero attached hydrogens (tertiary/aromatic N) is 3. The molecule has 0 aliphatic heterocycles. The van der Waals surface area contributed by atoms with E-state index in [2.05, 4.69) is 15.4 Å². The zero-order chi connectivity index (χ0) is 14.8. The summed E-state index contributed by atoms with van der Waals surface area (Å²) in [6, 6.07) is 5.54. The predicted molar refractivity (Wildman–Crippen MR) is 80.4 cm³/mol. The number of furan rings is 1. The summed E-state index contributed by atoms with van der Waals surface area (Å²) in [6.45, 7) is 4.00. The van der Waals surface area contributed by atoms with Crippen molar-refractivity contribution in [1.29, 1.82) is 0 Å². The molecule has 21 heavy (non-hydrogen) atoms. The molecule has 0 bridgehead atoms. The zero-order valence-electron chi connectivity index (χ0n) is 11.6. The first-order chi connectivity index (χ1) is 10.1. The molecule has 1 N–H and O–H groups in total. The smallest absolute Gasteiger partial charge is 0.276 e. The molecular formula is C14H14N4O2S. The van der Waals surface area contributed by atoms with Crippen LogP contribution in [-0.4, -0.2) is 20.7 Å². The zero-order valence-corrected chi connectivity index (χ0v) is 12.4. The Kier molecular flexibility index (Phi) is 3.57. The largest absolute Gasteiger partial charge is 0.462 e. The molecule has 0 saturated carbocycles. The lowest BCUT2D eigenvalue weighted by molar-refractivity contribution is 0.102. The van der Waals surface area contributed by atoms with Gasteiger partial charge in [-0.3, -0.25) is 4.79 Å². The van der Waals surface area contributed by atoms with Crippen LogP contribution in [0, 0.1) is 0 Å². The second kappa shape index (κ2) is 5.53. The molecule has 3 heterocycles. The molecule has 0 saturated heterocycles. The molecule has 0 radical (unpaired) electrons. The lowest BCUT2D eigenvalue weighted by Crippen LogP contribution is -2.17. The van der Waals surface area contributed by atoms with Gasteiger partial charge in [-0.05, 0) is 26.0 Å². The minimum Gasteiger partial charge on any atom is -0.462 e. The first-order valence-corrected chi connectivity index (χ1v) is 7.37. The maximum Gasteiger partial charge on any atom is 0.276 e. The molecular weight excluding hydrogens is 288 g/mol. The maximum atomic E-state index is 12.2. The van der Waals surface area contributed by atoms with Gasteiger partial charge in [0.2, 0.25) is 0 Å². The van der Waals surface area contributed by atoms with Gasteiger partial charge in [0.1, 0.15) is 11.5 Å². The fourth-order valence-electron chi connectivity index (χ4n) is 1.90. The van der Waals surface area contributed by atoms with E-state index in [0.717, 1.165) is 0 Å². The van der Waals surface area contributed by atoms with E-state index < -0.39 is 0 Å². The topological polar surface area (TPSA) is 73.0 Å². The molecule has 3 rings (SSSR count). The molecule has 3 aromatic rings. The fraction of sp³-hybridized carbons (Fsp3) is 0.214. The molecule has 0 aromatic carbocycles. The van der Waals surface area contributed by atoms with Gasteiger partial charge in [0.15, 0.2) is 10.8 Å². The van der Waals surface area contributed by atoms with Gasteiger partial charge in [0, 0.05) is 17.5 Å². The number of thiazole rings is 1. The Morgan fingerprint density at radius 2 is 2.29 bits per heavy atom. The lowest BCUT2D eigenvalue weighted by Gasteiger charge is -2.10. The summed E-state index contributed by atoms with van der Waals surface area (Å²) in [7, 11) is 0. The minimum atomic E-state index is -0.258. The van der Waals surface area contributed by atoms with Crippen LogP contribution in [0.1, 0.15) is 30.4 Å². The van der Waals surface area contributed by atoms with Crippen LogP contribution >= 0.6 is 11.3 Å². The van der Waals surface area contributed by atoms with Crippen molar-refractivity contribution in [3.05, 3.63) is 41.7 Å². The number of anilines is 1. The summed E-state index contributed by atoms with van der Waals surface area (Å²) in [5.74, 6) is 1.06. The van der Waals surface area contributed by atoms with Gasteiger partial charge in [-0.15, -0.1) is 11.3 Å². The van der Waals surface area contributed by atoms with E-state index in [-0.39, 0.29) is 11.9 Å². The molecule has 0 spiro atoms. The molecule has 6 nitrogen and oxygen atoms in total. The molecule has 0 unspecified atom stereocenters. The lowest BCUT2D eigenvalue weighted by atomic mass is 10.4. The van der Waals surface area contributed by atoms with Crippen molar-refractivity contribution < 1.29 is 9.21 Å². The van der Waals surface area contributed by atoms with Crippen molar-refractivity contribution in [2.75, 3.05) is 5.32 Å². The molecule has 0 fully saturated rings. The van der Waals surface area contributed by atoms with Gasteiger partial charge < -0.3 is 9.73 Å². The highest BCUT2D eigenvalue weighted by atomic mass is 32.1. The Hall–Kier alpha value is -2.41. The van der Waals surface area contributed by atoms with Gasteiger partial charge >= 0.3 is 0 Å². The molecule has 7 heteroatoms. The Morgan fingerprint density at radius 3 is 3.00 bits per heavy atom. The van der Waals surface area contributed by atoms with Crippen LogP contribution in [-0.2, 0) is 0 Å². The van der Waals surface area contributed by atoms with Crippen LogP contribution in [0.15, 0.2) is 40.5 Å². The average molecular weight is 302 g/mol. The summed E-state index contributed by atoms with van der Waals surface area (Å²) in [5, 5.41) is 9.39. The van der Waals surface area contributed by atoms with Crippen molar-refractivity contribution in [1.82, 2.24) is 14.8 Å². The normalized spacial score (nSPS) is 11.0. The molecule has 3 aromatic heterocycles. The van der Waals surface area contributed by atoms with Crippen LogP contribution in [0.25, 0.3) is 10.8 Å². The summed E-state index contributed by atoms with van der Waals surface area (Å²) < 4.78 is 7.02. The summed E-state index contributed by atoms with van der Waals surface area (Å²) in [5.41, 5.74) is 0.364. The van der Waals surface area contributed by atoms with E-state index in [4.69, 9.17) is 4.42 Å². The van der Waals surface area contributed by atoms with E-state index >= 15 is 0 Å². The molecule has 0 aliphatic rings. The van der Waals surface area contributed by atoms with Gasteiger partial charge in [0.25, 0.3) is 5.91 Å². The highest BCUT2D eigenvalue weighted by Crippen LogP contribution is 2.24. The predicted octanol–water partition coefficient (Wildman–Crippen LogP) is 3.43. The van der Waals surface area contributed by atoms with Gasteiger partial charge in [-0.1, -0.05) is 0 Å². The van der Waals surface area contributed by atoms with Crippen LogP contribution in [0.4, 0.5) is 5.82 Å². The number of aromatic nitrogens is 3. The number of rotatable bonds is 4. The van der Waals surface area contributed by atoms with Crippen molar-refractivity contribution in [2.24, 2.45) is 0 Å². The van der Waals surface area contributed by atoms with Crippen molar-refractivity contribution in [2.45, 2.75) is 19.9 Å². The van der Waals surface area contributed by atoms with Gasteiger partial charge in [-0.2, -0.15) is 5.10 Å². The first-order valence-electron chi connectivity index (χ1n) is 6.49. The van der Waals surface area contributed by atoms with Crippen LogP contribution in [0.5, 0.6) is 0 Å². The van der Waals surface area contributed by atoms with E-state index in [1.54, 1.807) is 34.7 Å². The second-order valence-corrected chi connectivity index (χ2v) is 5.58. The van der Waals surface area contributed by atoms with E-state index in [1.807, 2.05) is 19.9 Å². The molecule has 0 aliphatic carbocycles. The van der Waals surface area contributed by atoms with Crippen LogP contribution < -0.4 is 5.32 Å². The number of carbonyl (C=O) groups excluding carboxylic acids is 1. The minimum absolute atomic E-state index is 0.171. The highest BCUT2D eigenvalue weighted by Gasteiger charge is 2.15. The quantitative estimate of drug-likeness (QED) is 0.801. The third-order valence-corrected chi connectivity index (χ3v) is 3.73. The number of nitrogens with one attached hydrogen (secondary N) is 1. The standard InChI is InChI=1S/C14H14N4O2S/c1-9(2)18-12(5-6-15-18)17-13(19)10-8-21-14(16-10)11-4-3-7-20-11/h3-9H,1-2H3,(H,17,19). The number of hydrogen-bond acceptors (Lipinski definition) is 5. The molecule has 108 valence electrons. The fourth-order valence-corrected chi connectivity index (χ4v) is 2.66. The number of amides is 1. The third kappa shape index (κ3) is 2.73. The van der Waals surface area contributed by atoms with Crippen LogP contribution in [0.2, 0.25) is 0 Å². The Balaban J connectivity index is 1.78. The van der Waals surface area contributed by atoms with E-state index in [1.165, 1.54) is 11.3 Å². The van der Waals surface area contributed by atoms with Crippen molar-refractivity contribution >= 4 is 23.1 Å². The van der Waals surface area contributed by atoms with E-state index in [9.17, 15) is 4.79 Å². The van der Waals surface area contributed by atoms with Crippen molar-refractivity contribution in [3.8, 4) is 10.8 Å². The van der Waals surface area contributed by atoms with E-state index in [0.29, 0.717) is 22.3 Å². The Bertz CT molecular complexity index is 743. The monoisotopic (exact) mass is 302 g/mol. The number of hydrogen-bond donors (Lipinski definition) is 1. The SMILES string of the molecule is CC(C)n1nccc1NC(=O)c1csc(-c2ccco2)n1. The van der Waals surface area contributed by atoms with Gasteiger partial charge in [0.05, 0.1) is 12.5 Å². The maximum absolute atomic E-state index is 12.2. The third-order valence-electron chi connectivity index (χ3n) is 2.87. The second-order valence-electron chi connectivity index (χ2n) is 4.72. The first kappa shape index (κ1) is 13.6. The number of carbonyl (C=O) groups is 1. The Morgan fingerprint density at radius 1 is 1.43 bits per heavy atom. The Labute approximate surface area is 125 Å². The summed E-state index contributed by atoms with van der Waals surface area (Å²) in [6.07, 6.45) is 3.24. The summed E-state index contributed by atoms with van der Waals surface area (Å²) >= 11 is 1.37. The van der Waals surface area contributed by atoms with Crippen LogP contribution in [0.3, 0.4) is 0 Å². The molecule has 1 amide bonds. The van der Waals surface area contributed by atoms with Gasteiger partial charge in [-0.25, -0.2) is 9.67 Å². The average Bonchev–Trinajstić information content (AvgIpc) is 3.19. The van der Waals surface area contributed by atoms with Crippen molar-refractivity contribution in [3.63, 3.8) is 0 Å².